The summed E-state index contributed by atoms with van der Waals surface area (Å²) in [4.78, 5) is 8.42. The fraction of sp³-hybridized carbons (Fsp3) is 0.333. The molecule has 0 radical (unpaired) electrons. The van der Waals surface area contributed by atoms with Gasteiger partial charge in [0.2, 0.25) is 0 Å². The number of aliphatic hydroxyl groups excluding tert-OH is 2. The number of fused-ring (bicyclic) bond motifs is 1. The standard InChI is InChI=1S/C18H18FN3O4/c1-9-11-4-5-22(18(11)21-8-20-9)12-7-15(17(25)16(12)24)26-14-3-2-10(19)6-13(14)23/h2-6,8,12,15-17,23-25H,7H2,1H3/t12?,15?,16-,17+/m0/s1. The molecule has 7 nitrogen and oxygen atoms in total. The zero-order chi connectivity index (χ0) is 18.4. The predicted molar refractivity (Wildman–Crippen MR) is 90.4 cm³/mol. The van der Waals surface area contributed by atoms with E-state index < -0.39 is 30.2 Å². The molecule has 1 aliphatic carbocycles. The minimum absolute atomic E-state index is 0.0545. The zero-order valence-corrected chi connectivity index (χ0v) is 14.0. The van der Waals surface area contributed by atoms with Crippen LogP contribution in [-0.2, 0) is 0 Å². The summed E-state index contributed by atoms with van der Waals surface area (Å²) < 4.78 is 20.5. The van der Waals surface area contributed by atoms with E-state index >= 15 is 0 Å². The summed E-state index contributed by atoms with van der Waals surface area (Å²) >= 11 is 0. The Balaban J connectivity index is 1.62. The first kappa shape index (κ1) is 16.7. The van der Waals surface area contributed by atoms with Gasteiger partial charge in [0.1, 0.15) is 36.1 Å². The van der Waals surface area contributed by atoms with Gasteiger partial charge in [-0.05, 0) is 25.1 Å². The van der Waals surface area contributed by atoms with Crippen molar-refractivity contribution < 1.29 is 24.4 Å². The minimum atomic E-state index is -1.16. The molecular formula is C18H18FN3O4. The van der Waals surface area contributed by atoms with E-state index in [0.29, 0.717) is 12.1 Å². The Morgan fingerprint density at radius 3 is 2.77 bits per heavy atom. The highest BCUT2D eigenvalue weighted by molar-refractivity contribution is 5.78. The van der Waals surface area contributed by atoms with Gasteiger partial charge in [0, 0.05) is 24.1 Å². The summed E-state index contributed by atoms with van der Waals surface area (Å²) in [5, 5.41) is 31.6. The van der Waals surface area contributed by atoms with E-state index in [4.69, 9.17) is 4.74 Å². The van der Waals surface area contributed by atoms with Gasteiger partial charge in [-0.15, -0.1) is 0 Å². The van der Waals surface area contributed by atoms with Gasteiger partial charge in [0.05, 0.1) is 11.7 Å². The van der Waals surface area contributed by atoms with E-state index in [-0.39, 0.29) is 11.5 Å². The molecule has 1 fully saturated rings. The number of aromatic hydroxyl groups is 1. The first-order chi connectivity index (χ1) is 12.5. The van der Waals surface area contributed by atoms with Crippen LogP contribution in [0.1, 0.15) is 18.2 Å². The summed E-state index contributed by atoms with van der Waals surface area (Å²) in [5.74, 6) is -0.891. The van der Waals surface area contributed by atoms with Crippen molar-refractivity contribution in [2.75, 3.05) is 0 Å². The van der Waals surface area contributed by atoms with Gasteiger partial charge in [-0.2, -0.15) is 0 Å². The van der Waals surface area contributed by atoms with Crippen LogP contribution in [0.15, 0.2) is 36.8 Å². The lowest BCUT2D eigenvalue weighted by molar-refractivity contribution is -0.0169. The number of phenolic OH excluding ortho intramolecular Hbond substituents is 1. The van der Waals surface area contributed by atoms with Gasteiger partial charge in [0.15, 0.2) is 11.5 Å². The van der Waals surface area contributed by atoms with Crippen molar-refractivity contribution in [2.24, 2.45) is 0 Å². The maximum Gasteiger partial charge on any atom is 0.161 e. The third-order valence-corrected chi connectivity index (χ3v) is 4.86. The molecule has 0 aliphatic heterocycles. The molecule has 136 valence electrons. The van der Waals surface area contributed by atoms with Crippen LogP contribution in [0, 0.1) is 12.7 Å². The fourth-order valence-electron chi connectivity index (χ4n) is 3.48. The monoisotopic (exact) mass is 359 g/mol. The van der Waals surface area contributed by atoms with Crippen molar-refractivity contribution in [2.45, 2.75) is 37.7 Å². The summed E-state index contributed by atoms with van der Waals surface area (Å²) in [6.07, 6.45) is 0.553. The van der Waals surface area contributed by atoms with Crippen LogP contribution in [0.25, 0.3) is 11.0 Å². The second kappa shape index (κ2) is 6.22. The molecule has 2 aromatic heterocycles. The second-order valence-electron chi connectivity index (χ2n) is 6.47. The topological polar surface area (TPSA) is 101 Å². The normalized spacial score (nSPS) is 25.7. The van der Waals surface area contributed by atoms with Crippen LogP contribution in [0.3, 0.4) is 0 Å². The molecular weight excluding hydrogens is 341 g/mol. The van der Waals surface area contributed by atoms with Crippen LogP contribution in [0.5, 0.6) is 11.5 Å². The lowest BCUT2D eigenvalue weighted by atomic mass is 10.2. The molecule has 2 unspecified atom stereocenters. The number of aryl methyl sites for hydroxylation is 1. The summed E-state index contributed by atoms with van der Waals surface area (Å²) in [5.41, 5.74) is 1.49. The third kappa shape index (κ3) is 2.67. The van der Waals surface area contributed by atoms with Crippen LogP contribution in [0.4, 0.5) is 4.39 Å². The summed E-state index contributed by atoms with van der Waals surface area (Å²) in [7, 11) is 0. The third-order valence-electron chi connectivity index (χ3n) is 4.86. The molecule has 0 saturated heterocycles. The van der Waals surface area contributed by atoms with Crippen molar-refractivity contribution in [3.8, 4) is 11.5 Å². The average molecular weight is 359 g/mol. The molecule has 0 spiro atoms. The van der Waals surface area contributed by atoms with Crippen LogP contribution >= 0.6 is 0 Å². The van der Waals surface area contributed by atoms with Crippen molar-refractivity contribution in [3.05, 3.63) is 48.3 Å². The lowest BCUT2D eigenvalue weighted by Crippen LogP contribution is -2.34. The van der Waals surface area contributed by atoms with Gasteiger partial charge < -0.3 is 24.6 Å². The van der Waals surface area contributed by atoms with Crippen LogP contribution in [0.2, 0.25) is 0 Å². The smallest absolute Gasteiger partial charge is 0.161 e. The largest absolute Gasteiger partial charge is 0.504 e. The van der Waals surface area contributed by atoms with Crippen LogP contribution < -0.4 is 4.74 Å². The Morgan fingerprint density at radius 1 is 1.19 bits per heavy atom. The molecule has 26 heavy (non-hydrogen) atoms. The molecule has 3 N–H and O–H groups in total. The van der Waals surface area contributed by atoms with Gasteiger partial charge in [0.25, 0.3) is 0 Å². The second-order valence-corrected chi connectivity index (χ2v) is 6.47. The van der Waals surface area contributed by atoms with E-state index in [1.807, 2.05) is 13.0 Å². The number of benzene rings is 1. The van der Waals surface area contributed by atoms with E-state index in [1.54, 1.807) is 10.8 Å². The fourth-order valence-corrected chi connectivity index (χ4v) is 3.48. The van der Waals surface area contributed by atoms with Gasteiger partial charge >= 0.3 is 0 Å². The molecule has 3 aromatic rings. The molecule has 4 atom stereocenters. The number of halogens is 1. The number of nitrogens with zero attached hydrogens (tertiary/aromatic N) is 3. The van der Waals surface area contributed by atoms with Crippen LogP contribution in [-0.4, -0.2) is 48.2 Å². The molecule has 1 aromatic carbocycles. The Bertz CT molecular complexity index is 961. The molecule has 0 amide bonds. The molecule has 4 rings (SSSR count). The highest BCUT2D eigenvalue weighted by Crippen LogP contribution is 2.37. The number of ether oxygens (including phenoxy) is 1. The van der Waals surface area contributed by atoms with E-state index in [0.717, 1.165) is 23.2 Å². The van der Waals surface area contributed by atoms with Gasteiger partial charge in [-0.3, -0.25) is 0 Å². The molecule has 2 heterocycles. The molecule has 8 heteroatoms. The van der Waals surface area contributed by atoms with E-state index in [2.05, 4.69) is 9.97 Å². The minimum Gasteiger partial charge on any atom is -0.504 e. The first-order valence-corrected chi connectivity index (χ1v) is 8.25. The maximum atomic E-state index is 13.1. The molecule has 0 bridgehead atoms. The SMILES string of the molecule is Cc1ncnc2c1ccn2C1CC(Oc2ccc(F)cc2O)[C@@H](O)[C@H]1O. The molecule has 1 saturated carbocycles. The predicted octanol–water partition coefficient (Wildman–Crippen LogP) is 1.70. The van der Waals surface area contributed by atoms with Gasteiger partial charge in [-0.25, -0.2) is 14.4 Å². The van der Waals surface area contributed by atoms with E-state index in [9.17, 15) is 19.7 Å². The van der Waals surface area contributed by atoms with E-state index in [1.165, 1.54) is 12.4 Å². The number of phenols is 1. The van der Waals surface area contributed by atoms with Crippen molar-refractivity contribution in [1.29, 1.82) is 0 Å². The number of hydrogen-bond donors (Lipinski definition) is 3. The van der Waals surface area contributed by atoms with Crippen molar-refractivity contribution in [1.82, 2.24) is 14.5 Å². The Labute approximate surface area is 148 Å². The lowest BCUT2D eigenvalue weighted by Gasteiger charge is -2.19. The summed E-state index contributed by atoms with van der Waals surface area (Å²) in [6, 6.07) is 4.79. The number of aliphatic hydroxyl groups is 2. The Morgan fingerprint density at radius 2 is 2.00 bits per heavy atom. The molecule has 1 aliphatic rings. The average Bonchev–Trinajstić information content (AvgIpc) is 3.15. The highest BCUT2D eigenvalue weighted by atomic mass is 19.1. The highest BCUT2D eigenvalue weighted by Gasteiger charge is 2.44. The zero-order valence-electron chi connectivity index (χ0n) is 14.0. The Kier molecular flexibility index (Phi) is 4.01. The van der Waals surface area contributed by atoms with Crippen molar-refractivity contribution >= 4 is 11.0 Å². The number of aromatic nitrogens is 3. The first-order valence-electron chi connectivity index (χ1n) is 8.25. The van der Waals surface area contributed by atoms with Crippen molar-refractivity contribution in [3.63, 3.8) is 0 Å². The quantitative estimate of drug-likeness (QED) is 0.658. The maximum absolute atomic E-state index is 13.1. The Hall–Kier alpha value is -2.71. The van der Waals surface area contributed by atoms with Gasteiger partial charge in [-0.1, -0.05) is 0 Å². The summed E-state index contributed by atoms with van der Waals surface area (Å²) in [6.45, 7) is 1.87. The number of rotatable bonds is 3. The number of hydrogen-bond acceptors (Lipinski definition) is 6.